The molecule has 0 radical (unpaired) electrons. The number of halogens is 1. The van der Waals surface area contributed by atoms with E-state index in [1.54, 1.807) is 29.2 Å². The summed E-state index contributed by atoms with van der Waals surface area (Å²) in [6.07, 6.45) is 2.82. The summed E-state index contributed by atoms with van der Waals surface area (Å²) < 4.78 is 24.3. The molecule has 1 amide bonds. The van der Waals surface area contributed by atoms with E-state index in [0.717, 1.165) is 27.9 Å². The van der Waals surface area contributed by atoms with Crippen molar-refractivity contribution in [3.63, 3.8) is 0 Å². The van der Waals surface area contributed by atoms with Crippen molar-refractivity contribution in [3.8, 4) is 0 Å². The van der Waals surface area contributed by atoms with Crippen molar-refractivity contribution in [3.05, 3.63) is 44.6 Å². The van der Waals surface area contributed by atoms with Gasteiger partial charge >= 0.3 is 0 Å². The number of amides is 1. The number of thiophene rings is 1. The Bertz CT molecular complexity index is 842. The van der Waals surface area contributed by atoms with Gasteiger partial charge in [-0.1, -0.05) is 0 Å². The van der Waals surface area contributed by atoms with Crippen molar-refractivity contribution >= 4 is 48.7 Å². The second-order valence-electron chi connectivity index (χ2n) is 5.23. The van der Waals surface area contributed by atoms with E-state index in [-0.39, 0.29) is 5.91 Å². The maximum absolute atomic E-state index is 12.7. The first-order valence-corrected chi connectivity index (χ1v) is 10.3. The molecular weight excluding hydrogens is 386 g/mol. The average Bonchev–Trinajstić information content (AvgIpc) is 2.91. The van der Waals surface area contributed by atoms with Gasteiger partial charge < -0.3 is 4.90 Å². The van der Waals surface area contributed by atoms with Crippen LogP contribution >= 0.6 is 27.3 Å². The molecule has 4 nitrogen and oxygen atoms in total. The van der Waals surface area contributed by atoms with Crippen molar-refractivity contribution in [2.24, 2.45) is 0 Å². The van der Waals surface area contributed by atoms with Crippen molar-refractivity contribution in [2.75, 3.05) is 17.7 Å². The van der Waals surface area contributed by atoms with Gasteiger partial charge in [0.1, 0.15) is 0 Å². The first-order chi connectivity index (χ1) is 10.4. The van der Waals surface area contributed by atoms with Crippen LogP contribution in [-0.4, -0.2) is 27.1 Å². The highest BCUT2D eigenvalue weighted by Gasteiger charge is 2.25. The van der Waals surface area contributed by atoms with Gasteiger partial charge in [0.25, 0.3) is 5.91 Å². The summed E-state index contributed by atoms with van der Waals surface area (Å²) in [4.78, 5) is 15.4. The lowest BCUT2D eigenvalue weighted by Crippen LogP contribution is -2.35. The maximum atomic E-state index is 12.7. The number of carbonyl (C=O) groups excluding carboxylic acids is 1. The van der Waals surface area contributed by atoms with Gasteiger partial charge in [0, 0.05) is 18.5 Å². The van der Waals surface area contributed by atoms with Crippen molar-refractivity contribution in [2.45, 2.75) is 17.7 Å². The number of anilines is 1. The summed E-state index contributed by atoms with van der Waals surface area (Å²) in [5.74, 6) is -0.0382. The lowest BCUT2D eigenvalue weighted by Gasteiger charge is -2.29. The molecule has 22 heavy (non-hydrogen) atoms. The van der Waals surface area contributed by atoms with Crippen molar-refractivity contribution in [1.29, 1.82) is 0 Å². The zero-order valence-corrected chi connectivity index (χ0v) is 15.1. The Kier molecular flexibility index (Phi) is 4.13. The van der Waals surface area contributed by atoms with Crippen LogP contribution in [0.5, 0.6) is 0 Å². The third kappa shape index (κ3) is 2.98. The lowest BCUT2D eigenvalue weighted by atomic mass is 10.0. The molecule has 2 heterocycles. The SMILES string of the molecule is CS(=O)(=O)c1ccc2c(c1)CCCN2C(=O)c1ccc(Br)s1. The number of hydrogen-bond acceptors (Lipinski definition) is 4. The van der Waals surface area contributed by atoms with Crippen LogP contribution in [0, 0.1) is 0 Å². The number of benzene rings is 1. The summed E-state index contributed by atoms with van der Waals surface area (Å²) >= 11 is 4.77. The van der Waals surface area contributed by atoms with E-state index in [9.17, 15) is 13.2 Å². The van der Waals surface area contributed by atoms with E-state index in [1.165, 1.54) is 17.6 Å². The van der Waals surface area contributed by atoms with E-state index in [2.05, 4.69) is 15.9 Å². The van der Waals surface area contributed by atoms with Crippen LogP contribution in [0.2, 0.25) is 0 Å². The minimum absolute atomic E-state index is 0.0382. The minimum Gasteiger partial charge on any atom is -0.307 e. The molecule has 0 fully saturated rings. The number of carbonyl (C=O) groups is 1. The summed E-state index contributed by atoms with van der Waals surface area (Å²) in [5, 5.41) is 0. The van der Waals surface area contributed by atoms with Gasteiger partial charge in [0.15, 0.2) is 9.84 Å². The molecule has 116 valence electrons. The highest BCUT2D eigenvalue weighted by atomic mass is 79.9. The zero-order chi connectivity index (χ0) is 15.9. The molecule has 0 N–H and O–H groups in total. The van der Waals surface area contributed by atoms with E-state index >= 15 is 0 Å². The predicted octanol–water partition coefficient (Wildman–Crippen LogP) is 3.51. The molecular formula is C15H14BrNO3S2. The van der Waals surface area contributed by atoms with Crippen LogP contribution in [-0.2, 0) is 16.3 Å². The molecule has 1 aliphatic rings. The van der Waals surface area contributed by atoms with Crippen LogP contribution < -0.4 is 4.90 Å². The standard InChI is InChI=1S/C15H14BrNO3S2/c1-22(19,20)11-4-5-12-10(9-11)3-2-8-17(12)15(18)13-6-7-14(16)21-13/h4-7,9H,2-3,8H2,1H3. The molecule has 3 rings (SSSR count). The third-order valence-corrected chi connectivity index (χ3v) is 6.35. The molecule has 1 aromatic carbocycles. The number of fused-ring (bicyclic) bond motifs is 1. The van der Waals surface area contributed by atoms with E-state index < -0.39 is 9.84 Å². The molecule has 0 unspecified atom stereocenters. The van der Waals surface area contributed by atoms with E-state index in [0.29, 0.717) is 16.3 Å². The highest BCUT2D eigenvalue weighted by Crippen LogP contribution is 2.32. The number of sulfone groups is 1. The Morgan fingerprint density at radius 1 is 1.27 bits per heavy atom. The molecule has 0 spiro atoms. The average molecular weight is 400 g/mol. The van der Waals surface area contributed by atoms with Crippen LogP contribution in [0.4, 0.5) is 5.69 Å². The normalized spacial score (nSPS) is 14.7. The van der Waals surface area contributed by atoms with Gasteiger partial charge in [-0.2, -0.15) is 0 Å². The lowest BCUT2D eigenvalue weighted by molar-refractivity contribution is 0.0989. The topological polar surface area (TPSA) is 54.5 Å². The fraction of sp³-hybridized carbons (Fsp3) is 0.267. The molecule has 1 aromatic heterocycles. The van der Waals surface area contributed by atoms with E-state index in [4.69, 9.17) is 0 Å². The number of nitrogens with zero attached hydrogens (tertiary/aromatic N) is 1. The van der Waals surface area contributed by atoms with Crippen LogP contribution in [0.25, 0.3) is 0 Å². The predicted molar refractivity (Wildman–Crippen MR) is 91.6 cm³/mol. The Hall–Kier alpha value is -1.18. The van der Waals surface area contributed by atoms with Crippen LogP contribution in [0.15, 0.2) is 39.0 Å². The quantitative estimate of drug-likeness (QED) is 0.776. The summed E-state index contributed by atoms with van der Waals surface area (Å²) in [7, 11) is -3.23. The minimum atomic E-state index is -3.23. The van der Waals surface area contributed by atoms with Gasteiger partial charge in [-0.15, -0.1) is 11.3 Å². The number of rotatable bonds is 2. The second kappa shape index (κ2) is 5.79. The first-order valence-electron chi connectivity index (χ1n) is 6.76. The van der Waals surface area contributed by atoms with Gasteiger partial charge in [0.2, 0.25) is 0 Å². The maximum Gasteiger partial charge on any atom is 0.268 e. The smallest absolute Gasteiger partial charge is 0.268 e. The van der Waals surface area contributed by atoms with Gasteiger partial charge in [-0.25, -0.2) is 8.42 Å². The Labute approximate surface area is 141 Å². The number of hydrogen-bond donors (Lipinski definition) is 0. The van der Waals surface area contributed by atoms with Gasteiger partial charge in [-0.3, -0.25) is 4.79 Å². The van der Waals surface area contributed by atoms with Gasteiger partial charge in [0.05, 0.1) is 13.6 Å². The third-order valence-electron chi connectivity index (χ3n) is 3.63. The molecule has 0 saturated heterocycles. The molecule has 0 atom stereocenters. The van der Waals surface area contributed by atoms with Crippen molar-refractivity contribution in [1.82, 2.24) is 0 Å². The van der Waals surface area contributed by atoms with Crippen LogP contribution in [0.1, 0.15) is 21.7 Å². The molecule has 0 aliphatic carbocycles. The molecule has 2 aromatic rings. The highest BCUT2D eigenvalue weighted by molar-refractivity contribution is 9.11. The molecule has 0 bridgehead atoms. The Balaban J connectivity index is 2.00. The van der Waals surface area contributed by atoms with Gasteiger partial charge in [-0.05, 0) is 64.7 Å². The summed E-state index contributed by atoms with van der Waals surface area (Å²) in [6, 6.07) is 8.66. The van der Waals surface area contributed by atoms with Crippen molar-refractivity contribution < 1.29 is 13.2 Å². The largest absolute Gasteiger partial charge is 0.307 e. The second-order valence-corrected chi connectivity index (χ2v) is 9.71. The van der Waals surface area contributed by atoms with Crippen LogP contribution in [0.3, 0.4) is 0 Å². The Morgan fingerprint density at radius 3 is 2.68 bits per heavy atom. The fourth-order valence-corrected chi connectivity index (χ4v) is 4.58. The van der Waals surface area contributed by atoms with E-state index in [1.807, 2.05) is 6.07 Å². The summed E-state index contributed by atoms with van der Waals surface area (Å²) in [5.41, 5.74) is 1.73. The fourth-order valence-electron chi connectivity index (χ4n) is 2.58. The first kappa shape index (κ1) is 15.7. The number of aryl methyl sites for hydroxylation is 1. The Morgan fingerprint density at radius 2 is 2.05 bits per heavy atom. The molecule has 1 aliphatic heterocycles. The molecule has 0 saturated carbocycles. The molecule has 7 heteroatoms. The summed E-state index contributed by atoms with van der Waals surface area (Å²) in [6.45, 7) is 0.652. The monoisotopic (exact) mass is 399 g/mol. The zero-order valence-electron chi connectivity index (χ0n) is 11.9.